The lowest BCUT2D eigenvalue weighted by Gasteiger charge is -2.25. The van der Waals surface area contributed by atoms with Gasteiger partial charge in [0.25, 0.3) is 5.91 Å². The van der Waals surface area contributed by atoms with Gasteiger partial charge in [-0.05, 0) is 49.3 Å². The summed E-state index contributed by atoms with van der Waals surface area (Å²) in [6.45, 7) is 3.72. The number of urea groups is 1. The number of rotatable bonds is 6. The zero-order chi connectivity index (χ0) is 22.9. The summed E-state index contributed by atoms with van der Waals surface area (Å²) in [5, 5.41) is 13.6. The highest BCUT2D eigenvalue weighted by Crippen LogP contribution is 2.33. The van der Waals surface area contributed by atoms with Crippen LogP contribution in [0.25, 0.3) is 0 Å². The van der Waals surface area contributed by atoms with E-state index >= 15 is 0 Å². The molecule has 1 atom stereocenters. The fourth-order valence-electron chi connectivity index (χ4n) is 4.31. The summed E-state index contributed by atoms with van der Waals surface area (Å²) < 4.78 is 0. The molecule has 4 amide bonds. The molecule has 2 heterocycles. The number of pyridine rings is 1. The van der Waals surface area contributed by atoms with E-state index in [1.807, 2.05) is 13.0 Å². The molecular weight excluding hydrogens is 426 g/mol. The first-order valence-electron chi connectivity index (χ1n) is 10.5. The van der Waals surface area contributed by atoms with Crippen molar-refractivity contribution in [2.24, 2.45) is 0 Å². The third-order valence-corrected chi connectivity index (χ3v) is 7.02. The molecule has 0 spiro atoms. The number of nitrogens with zero attached hydrogens (tertiary/aromatic N) is 3. The molecule has 2 N–H and O–H groups in total. The number of aromatic nitrogens is 1. The van der Waals surface area contributed by atoms with Crippen LogP contribution >= 0.6 is 11.8 Å². The van der Waals surface area contributed by atoms with Crippen molar-refractivity contribution in [1.29, 1.82) is 5.26 Å². The molecule has 164 valence electrons. The molecule has 8 nitrogen and oxygen atoms in total. The van der Waals surface area contributed by atoms with E-state index in [-0.39, 0.29) is 5.75 Å². The monoisotopic (exact) mass is 449 g/mol. The Hall–Kier alpha value is -3.38. The number of fused-ring (bicyclic) bond motifs is 1. The van der Waals surface area contributed by atoms with E-state index < -0.39 is 23.4 Å². The van der Waals surface area contributed by atoms with Gasteiger partial charge in [-0.15, -0.1) is 0 Å². The lowest BCUT2D eigenvalue weighted by molar-refractivity contribution is -0.138. The maximum absolute atomic E-state index is 13.1. The number of carbonyl (C=O) groups is 3. The number of benzene rings is 1. The minimum atomic E-state index is -1.22. The van der Waals surface area contributed by atoms with Crippen molar-refractivity contribution in [3.05, 3.63) is 58.3 Å². The van der Waals surface area contributed by atoms with Crippen LogP contribution in [0, 0.1) is 18.3 Å². The van der Waals surface area contributed by atoms with Gasteiger partial charge >= 0.3 is 6.03 Å². The number of thioether (sulfide) groups is 1. The molecule has 32 heavy (non-hydrogen) atoms. The summed E-state index contributed by atoms with van der Waals surface area (Å²) in [4.78, 5) is 42.8. The van der Waals surface area contributed by atoms with Crippen LogP contribution in [-0.2, 0) is 28.0 Å². The minimum Gasteiger partial charge on any atom is -0.318 e. The highest BCUT2D eigenvalue weighted by Gasteiger charge is 2.52. The normalized spacial score (nSPS) is 19.5. The third kappa shape index (κ3) is 3.60. The maximum atomic E-state index is 13.1. The molecule has 1 unspecified atom stereocenters. The maximum Gasteiger partial charge on any atom is 0.344 e. The van der Waals surface area contributed by atoms with Crippen molar-refractivity contribution in [3.8, 4) is 6.07 Å². The fraction of sp³-hybridized carbons (Fsp3) is 0.348. The molecule has 2 aliphatic rings. The van der Waals surface area contributed by atoms with Gasteiger partial charge in [-0.3, -0.25) is 15.0 Å². The second kappa shape index (κ2) is 8.63. The first-order valence-corrected chi connectivity index (χ1v) is 11.5. The predicted octanol–water partition coefficient (Wildman–Crippen LogP) is 2.73. The van der Waals surface area contributed by atoms with Crippen LogP contribution in [0.1, 0.15) is 47.7 Å². The van der Waals surface area contributed by atoms with Crippen molar-refractivity contribution < 1.29 is 14.4 Å². The van der Waals surface area contributed by atoms with Crippen molar-refractivity contribution in [3.63, 3.8) is 0 Å². The minimum absolute atomic E-state index is 0.0819. The molecule has 0 bridgehead atoms. The number of hydrazine groups is 1. The summed E-state index contributed by atoms with van der Waals surface area (Å²) >= 11 is 1.13. The molecule has 9 heteroatoms. The van der Waals surface area contributed by atoms with E-state index in [1.54, 1.807) is 31.2 Å². The van der Waals surface area contributed by atoms with Crippen LogP contribution in [0.4, 0.5) is 4.79 Å². The third-order valence-electron chi connectivity index (χ3n) is 6.04. The van der Waals surface area contributed by atoms with Gasteiger partial charge in [0.2, 0.25) is 5.91 Å². The molecule has 1 aliphatic heterocycles. The van der Waals surface area contributed by atoms with E-state index in [1.165, 1.54) is 0 Å². The smallest absolute Gasteiger partial charge is 0.318 e. The molecule has 1 saturated heterocycles. The van der Waals surface area contributed by atoms with Gasteiger partial charge < -0.3 is 5.32 Å². The zero-order valence-corrected chi connectivity index (χ0v) is 18.7. The number of imide groups is 1. The van der Waals surface area contributed by atoms with Gasteiger partial charge in [-0.2, -0.15) is 10.3 Å². The number of carbonyl (C=O) groups excluding carboxylic acids is 3. The second-order valence-corrected chi connectivity index (χ2v) is 8.79. The number of hydrogen-bond acceptors (Lipinski definition) is 6. The van der Waals surface area contributed by atoms with E-state index in [4.69, 9.17) is 0 Å². The summed E-state index contributed by atoms with van der Waals surface area (Å²) in [6, 6.07) is 10.5. The molecule has 1 aromatic heterocycles. The second-order valence-electron chi connectivity index (χ2n) is 7.83. The Morgan fingerprint density at radius 1 is 1.31 bits per heavy atom. The number of hydrogen-bond donors (Lipinski definition) is 2. The Morgan fingerprint density at radius 2 is 2.06 bits per heavy atom. The van der Waals surface area contributed by atoms with Crippen LogP contribution in [0.3, 0.4) is 0 Å². The number of nitriles is 1. The highest BCUT2D eigenvalue weighted by molar-refractivity contribution is 8.00. The van der Waals surface area contributed by atoms with E-state index in [0.29, 0.717) is 22.6 Å². The fourth-order valence-corrected chi connectivity index (χ4v) is 5.16. The Labute approximate surface area is 190 Å². The quantitative estimate of drug-likeness (QED) is 0.518. The van der Waals surface area contributed by atoms with Gasteiger partial charge in [0.15, 0.2) is 0 Å². The summed E-state index contributed by atoms with van der Waals surface area (Å²) in [7, 11) is 0. The van der Waals surface area contributed by atoms with Gasteiger partial charge in [0.1, 0.15) is 16.6 Å². The molecule has 1 aliphatic carbocycles. The number of amides is 4. The summed E-state index contributed by atoms with van der Waals surface area (Å²) in [6.07, 6.45) is 3.13. The van der Waals surface area contributed by atoms with Gasteiger partial charge in [-0.1, -0.05) is 49.0 Å². The van der Waals surface area contributed by atoms with Crippen molar-refractivity contribution in [2.45, 2.75) is 50.1 Å². The zero-order valence-electron chi connectivity index (χ0n) is 17.9. The lowest BCUT2D eigenvalue weighted by atomic mass is 9.87. The van der Waals surface area contributed by atoms with E-state index in [0.717, 1.165) is 52.9 Å². The van der Waals surface area contributed by atoms with Crippen molar-refractivity contribution in [2.75, 3.05) is 5.75 Å². The van der Waals surface area contributed by atoms with Crippen molar-refractivity contribution in [1.82, 2.24) is 20.7 Å². The molecule has 1 aromatic carbocycles. The first kappa shape index (κ1) is 21.8. The summed E-state index contributed by atoms with van der Waals surface area (Å²) in [5.74, 6) is -1.14. The molecule has 1 fully saturated rings. The SMILES string of the molecule is CCC1(c2ccccc2)NC(=O)N(NC(=O)CSc2nc3c(c(C)c2C#N)CCC3)C1=O. The number of aryl methyl sites for hydroxylation is 1. The van der Waals surface area contributed by atoms with Crippen molar-refractivity contribution >= 4 is 29.6 Å². The average Bonchev–Trinajstić information content (AvgIpc) is 3.37. The lowest BCUT2D eigenvalue weighted by Crippen LogP contribution is -2.49. The van der Waals surface area contributed by atoms with Gasteiger partial charge in [-0.25, -0.2) is 9.78 Å². The number of nitrogens with one attached hydrogen (secondary N) is 2. The Kier molecular flexibility index (Phi) is 5.89. The van der Waals surface area contributed by atoms with E-state index in [9.17, 15) is 19.6 Å². The Bertz CT molecular complexity index is 1140. The van der Waals surface area contributed by atoms with Crippen LogP contribution < -0.4 is 10.7 Å². The first-order chi connectivity index (χ1) is 15.4. The molecular formula is C23H23N5O3S. The van der Waals surface area contributed by atoms with Gasteiger partial charge in [0.05, 0.1) is 11.3 Å². The Balaban J connectivity index is 1.48. The van der Waals surface area contributed by atoms with Crippen LogP contribution in [0.2, 0.25) is 0 Å². The summed E-state index contributed by atoms with van der Waals surface area (Å²) in [5.41, 5.74) is 5.36. The Morgan fingerprint density at radius 3 is 2.75 bits per heavy atom. The van der Waals surface area contributed by atoms with Crippen LogP contribution in [0.15, 0.2) is 35.4 Å². The van der Waals surface area contributed by atoms with Crippen LogP contribution in [-0.4, -0.2) is 33.6 Å². The largest absolute Gasteiger partial charge is 0.344 e. The van der Waals surface area contributed by atoms with E-state index in [2.05, 4.69) is 21.8 Å². The molecule has 0 saturated carbocycles. The van der Waals surface area contributed by atoms with Gasteiger partial charge in [0, 0.05) is 5.69 Å². The average molecular weight is 450 g/mol. The predicted molar refractivity (Wildman–Crippen MR) is 118 cm³/mol. The molecule has 4 rings (SSSR count). The molecule has 0 radical (unpaired) electrons. The molecule has 2 aromatic rings. The topological polar surface area (TPSA) is 115 Å². The standard InChI is InChI=1S/C23H23N5O3S/c1-3-23(15-8-5-4-6-9-15)21(30)28(22(31)26-23)27-19(29)13-32-20-17(12-24)14(2)16-10-7-11-18(16)25-20/h4-6,8-9H,3,7,10-11,13H2,1-2H3,(H,26,31)(H,27,29). The highest BCUT2D eigenvalue weighted by atomic mass is 32.2. The van der Waals surface area contributed by atoms with Crippen LogP contribution in [0.5, 0.6) is 0 Å².